The predicted octanol–water partition coefficient (Wildman–Crippen LogP) is 1.52. The van der Waals surface area contributed by atoms with Crippen LogP contribution >= 0.6 is 0 Å². The summed E-state index contributed by atoms with van der Waals surface area (Å²) in [6, 6.07) is 4.04. The van der Waals surface area contributed by atoms with Crippen LogP contribution in [0.25, 0.3) is 0 Å². The average molecular weight is 249 g/mol. The molecule has 0 aliphatic heterocycles. The van der Waals surface area contributed by atoms with E-state index in [-0.39, 0.29) is 18.0 Å². The normalized spacial score (nSPS) is 13.9. The van der Waals surface area contributed by atoms with Crippen LogP contribution in [0, 0.1) is 0 Å². The lowest BCUT2D eigenvalue weighted by Gasteiger charge is -2.17. The number of hydrogen-bond donors (Lipinski definition) is 2. The molecular formula is C14H23N3O. The molecular weight excluding hydrogens is 226 g/mol. The minimum atomic E-state index is -0.157. The lowest BCUT2D eigenvalue weighted by molar-refractivity contribution is -0.123. The number of nitrogens with one attached hydrogen (secondary N) is 2. The molecule has 4 heteroatoms. The fourth-order valence-electron chi connectivity index (χ4n) is 1.54. The lowest BCUT2D eigenvalue weighted by Crippen LogP contribution is -2.45. The molecule has 1 amide bonds. The molecule has 0 radical (unpaired) electrons. The Balaban J connectivity index is 2.24. The fraction of sp³-hybridized carbons (Fsp3) is 0.571. The Labute approximate surface area is 109 Å². The maximum atomic E-state index is 11.8. The molecule has 100 valence electrons. The van der Waals surface area contributed by atoms with Gasteiger partial charge < -0.3 is 10.6 Å². The van der Waals surface area contributed by atoms with Crippen molar-refractivity contribution in [1.82, 2.24) is 15.6 Å². The van der Waals surface area contributed by atoms with Gasteiger partial charge >= 0.3 is 0 Å². The maximum Gasteiger partial charge on any atom is 0.237 e. The van der Waals surface area contributed by atoms with E-state index in [0.717, 1.165) is 19.4 Å². The highest BCUT2D eigenvalue weighted by molar-refractivity contribution is 5.81. The summed E-state index contributed by atoms with van der Waals surface area (Å²) in [7, 11) is 0. The molecule has 0 saturated carbocycles. The molecule has 2 N–H and O–H groups in total. The summed E-state index contributed by atoms with van der Waals surface area (Å²) in [5, 5.41) is 6.18. The Bertz CT molecular complexity index is 353. The number of nitrogens with zero attached hydrogens (tertiary/aromatic N) is 1. The molecule has 0 spiro atoms. The first-order valence-corrected chi connectivity index (χ1v) is 6.56. The molecule has 1 aromatic rings. The van der Waals surface area contributed by atoms with E-state index in [9.17, 15) is 4.79 Å². The molecule has 0 aromatic carbocycles. The highest BCUT2D eigenvalue weighted by Gasteiger charge is 2.13. The Morgan fingerprint density at radius 2 is 2.22 bits per heavy atom. The van der Waals surface area contributed by atoms with Gasteiger partial charge in [0.2, 0.25) is 5.91 Å². The second kappa shape index (κ2) is 7.82. The third kappa shape index (κ3) is 5.27. The number of pyridine rings is 1. The van der Waals surface area contributed by atoms with Crippen LogP contribution in [0.1, 0.15) is 32.8 Å². The number of carbonyl (C=O) groups excluding carboxylic acids is 1. The van der Waals surface area contributed by atoms with Crippen molar-refractivity contribution >= 4 is 5.91 Å². The van der Waals surface area contributed by atoms with E-state index in [4.69, 9.17) is 0 Å². The first kappa shape index (κ1) is 14.6. The van der Waals surface area contributed by atoms with Gasteiger partial charge in [-0.25, -0.2) is 0 Å². The van der Waals surface area contributed by atoms with Gasteiger partial charge in [0.15, 0.2) is 0 Å². The molecule has 2 unspecified atom stereocenters. The molecule has 1 heterocycles. The van der Waals surface area contributed by atoms with Gasteiger partial charge in [-0.2, -0.15) is 0 Å². The number of rotatable bonds is 7. The Kier molecular flexibility index (Phi) is 6.36. The van der Waals surface area contributed by atoms with Crippen LogP contribution in [0.5, 0.6) is 0 Å². The van der Waals surface area contributed by atoms with Crippen molar-refractivity contribution in [3.63, 3.8) is 0 Å². The molecule has 0 bridgehead atoms. The summed E-state index contributed by atoms with van der Waals surface area (Å²) >= 11 is 0. The zero-order valence-corrected chi connectivity index (χ0v) is 11.4. The zero-order valence-electron chi connectivity index (χ0n) is 11.4. The molecule has 18 heavy (non-hydrogen) atoms. The van der Waals surface area contributed by atoms with E-state index in [1.54, 1.807) is 6.20 Å². The van der Waals surface area contributed by atoms with Gasteiger partial charge in [-0.05, 0) is 44.9 Å². The summed E-state index contributed by atoms with van der Waals surface area (Å²) in [6.07, 6.45) is 5.45. The smallest absolute Gasteiger partial charge is 0.237 e. The van der Waals surface area contributed by atoms with Crippen molar-refractivity contribution in [1.29, 1.82) is 0 Å². The molecule has 0 saturated heterocycles. The van der Waals surface area contributed by atoms with Crippen LogP contribution in [0.2, 0.25) is 0 Å². The quantitative estimate of drug-likeness (QED) is 0.770. The third-order valence-corrected chi connectivity index (χ3v) is 2.98. The van der Waals surface area contributed by atoms with Gasteiger partial charge in [-0.1, -0.05) is 13.0 Å². The van der Waals surface area contributed by atoms with Gasteiger partial charge in [-0.3, -0.25) is 9.78 Å². The van der Waals surface area contributed by atoms with Crippen LogP contribution < -0.4 is 10.6 Å². The highest BCUT2D eigenvalue weighted by atomic mass is 16.2. The standard InChI is InChI=1S/C14H23N3O/c1-4-11(2)17-14(18)12(3)16-9-7-13-6-5-8-15-10-13/h5-6,8,10-12,16H,4,7,9H2,1-3H3,(H,17,18). The average Bonchev–Trinajstić information content (AvgIpc) is 2.39. The van der Waals surface area contributed by atoms with Crippen LogP contribution in [-0.2, 0) is 11.2 Å². The predicted molar refractivity (Wildman–Crippen MR) is 73.3 cm³/mol. The lowest BCUT2D eigenvalue weighted by atomic mass is 10.2. The monoisotopic (exact) mass is 249 g/mol. The van der Waals surface area contributed by atoms with E-state index in [1.807, 2.05) is 32.2 Å². The molecule has 4 nitrogen and oxygen atoms in total. The van der Waals surface area contributed by atoms with Gasteiger partial charge in [-0.15, -0.1) is 0 Å². The van der Waals surface area contributed by atoms with Crippen molar-refractivity contribution in [3.05, 3.63) is 30.1 Å². The Hall–Kier alpha value is -1.42. The molecule has 2 atom stereocenters. The largest absolute Gasteiger partial charge is 0.352 e. The van der Waals surface area contributed by atoms with Crippen LogP contribution in [0.4, 0.5) is 0 Å². The summed E-state index contributed by atoms with van der Waals surface area (Å²) in [4.78, 5) is 15.8. The summed E-state index contributed by atoms with van der Waals surface area (Å²) in [6.45, 7) is 6.74. The molecule has 0 aliphatic rings. The van der Waals surface area contributed by atoms with Gasteiger partial charge in [0.25, 0.3) is 0 Å². The SMILES string of the molecule is CCC(C)NC(=O)C(C)NCCc1cccnc1. The van der Waals surface area contributed by atoms with Crippen molar-refractivity contribution in [2.24, 2.45) is 0 Å². The highest BCUT2D eigenvalue weighted by Crippen LogP contribution is 1.96. The number of aromatic nitrogens is 1. The van der Waals surface area contributed by atoms with Crippen molar-refractivity contribution in [2.75, 3.05) is 6.54 Å². The molecule has 1 aromatic heterocycles. The van der Waals surface area contributed by atoms with Crippen LogP contribution in [-0.4, -0.2) is 29.5 Å². The summed E-state index contributed by atoms with van der Waals surface area (Å²) < 4.78 is 0. The molecule has 0 aliphatic carbocycles. The molecule has 1 rings (SSSR count). The number of amides is 1. The minimum Gasteiger partial charge on any atom is -0.352 e. The van der Waals surface area contributed by atoms with E-state index in [1.165, 1.54) is 5.56 Å². The molecule has 0 fully saturated rings. The number of hydrogen-bond acceptors (Lipinski definition) is 3. The summed E-state index contributed by atoms with van der Waals surface area (Å²) in [5.41, 5.74) is 1.18. The first-order chi connectivity index (χ1) is 8.63. The van der Waals surface area contributed by atoms with Crippen LogP contribution in [0.15, 0.2) is 24.5 Å². The first-order valence-electron chi connectivity index (χ1n) is 6.56. The minimum absolute atomic E-state index is 0.0653. The zero-order chi connectivity index (χ0) is 13.4. The van der Waals surface area contributed by atoms with Crippen LogP contribution in [0.3, 0.4) is 0 Å². The third-order valence-electron chi connectivity index (χ3n) is 2.98. The second-order valence-corrected chi connectivity index (χ2v) is 4.60. The fourth-order valence-corrected chi connectivity index (χ4v) is 1.54. The maximum absolute atomic E-state index is 11.8. The van der Waals surface area contributed by atoms with Crippen molar-refractivity contribution in [3.8, 4) is 0 Å². The van der Waals surface area contributed by atoms with Gasteiger partial charge in [0, 0.05) is 18.4 Å². The topological polar surface area (TPSA) is 54.0 Å². The second-order valence-electron chi connectivity index (χ2n) is 4.60. The number of carbonyl (C=O) groups is 1. The van der Waals surface area contributed by atoms with Gasteiger partial charge in [0.1, 0.15) is 0 Å². The van der Waals surface area contributed by atoms with E-state index < -0.39 is 0 Å². The Morgan fingerprint density at radius 1 is 1.44 bits per heavy atom. The van der Waals surface area contributed by atoms with Crippen molar-refractivity contribution in [2.45, 2.75) is 45.7 Å². The van der Waals surface area contributed by atoms with E-state index >= 15 is 0 Å². The van der Waals surface area contributed by atoms with Crippen molar-refractivity contribution < 1.29 is 4.79 Å². The van der Waals surface area contributed by atoms with E-state index in [2.05, 4.69) is 22.5 Å². The van der Waals surface area contributed by atoms with E-state index in [0.29, 0.717) is 0 Å². The summed E-state index contributed by atoms with van der Waals surface area (Å²) in [5.74, 6) is 0.0653. The Morgan fingerprint density at radius 3 is 2.83 bits per heavy atom. The van der Waals surface area contributed by atoms with Gasteiger partial charge in [0.05, 0.1) is 6.04 Å².